The Hall–Kier alpha value is -2.37. The van der Waals surface area contributed by atoms with Gasteiger partial charge in [0.15, 0.2) is 6.10 Å². The summed E-state index contributed by atoms with van der Waals surface area (Å²) >= 11 is 0. The summed E-state index contributed by atoms with van der Waals surface area (Å²) in [5.41, 5.74) is 0. The molecule has 0 spiro atoms. The van der Waals surface area contributed by atoms with Crippen molar-refractivity contribution in [2.24, 2.45) is 0 Å². The van der Waals surface area contributed by atoms with Gasteiger partial charge in [-0.1, -0.05) is 340 Å². The van der Waals surface area contributed by atoms with E-state index in [9.17, 15) is 14.4 Å². The van der Waals surface area contributed by atoms with Crippen LogP contribution in [0.15, 0.2) is 36.5 Å². The molecule has 0 heterocycles. The lowest BCUT2D eigenvalue weighted by atomic mass is 10.0. The van der Waals surface area contributed by atoms with E-state index in [1.807, 2.05) is 0 Å². The number of ether oxygens (including phenoxy) is 3. The van der Waals surface area contributed by atoms with Gasteiger partial charge in [0.1, 0.15) is 13.2 Å². The van der Waals surface area contributed by atoms with Crippen LogP contribution in [0.2, 0.25) is 0 Å². The number of unbranched alkanes of at least 4 members (excludes halogenated alkanes) is 49. The van der Waals surface area contributed by atoms with Crippen molar-refractivity contribution in [1.29, 1.82) is 0 Å². The maximum Gasteiger partial charge on any atom is 0.306 e. The van der Waals surface area contributed by atoms with Gasteiger partial charge in [-0.3, -0.25) is 14.4 Å². The van der Waals surface area contributed by atoms with E-state index in [2.05, 4.69) is 57.2 Å². The fourth-order valence-electron chi connectivity index (χ4n) is 10.8. The lowest BCUT2D eigenvalue weighted by Crippen LogP contribution is -2.30. The van der Waals surface area contributed by atoms with E-state index in [1.165, 1.54) is 276 Å². The summed E-state index contributed by atoms with van der Waals surface area (Å²) in [4.78, 5) is 38.4. The molecular formula is C73H136O6. The monoisotopic (exact) mass is 1110 g/mol. The zero-order valence-electron chi connectivity index (χ0n) is 53.4. The average molecular weight is 1110 g/mol. The van der Waals surface area contributed by atoms with Gasteiger partial charge in [0, 0.05) is 19.3 Å². The fraction of sp³-hybridized carbons (Fsp3) is 0.877. The predicted molar refractivity (Wildman–Crippen MR) is 344 cm³/mol. The molecule has 0 rings (SSSR count). The van der Waals surface area contributed by atoms with E-state index in [0.717, 1.165) is 77.0 Å². The Morgan fingerprint density at radius 2 is 0.468 bits per heavy atom. The van der Waals surface area contributed by atoms with Crippen LogP contribution in [-0.4, -0.2) is 37.2 Å². The molecule has 6 nitrogen and oxygen atoms in total. The highest BCUT2D eigenvalue weighted by molar-refractivity contribution is 5.71. The maximum atomic E-state index is 13.0. The quantitative estimate of drug-likeness (QED) is 0.0261. The van der Waals surface area contributed by atoms with Gasteiger partial charge >= 0.3 is 17.9 Å². The molecule has 0 N–H and O–H groups in total. The molecule has 0 saturated heterocycles. The largest absolute Gasteiger partial charge is 0.462 e. The highest BCUT2D eigenvalue weighted by atomic mass is 16.6. The van der Waals surface area contributed by atoms with E-state index in [4.69, 9.17) is 14.2 Å². The lowest BCUT2D eigenvalue weighted by Gasteiger charge is -2.18. The Kier molecular flexibility index (Phi) is 66.1. The van der Waals surface area contributed by atoms with Gasteiger partial charge in [-0.25, -0.2) is 0 Å². The third-order valence-corrected chi connectivity index (χ3v) is 16.1. The maximum absolute atomic E-state index is 13.0. The van der Waals surface area contributed by atoms with Crippen molar-refractivity contribution in [2.75, 3.05) is 13.2 Å². The van der Waals surface area contributed by atoms with Crippen LogP contribution in [0.25, 0.3) is 0 Å². The van der Waals surface area contributed by atoms with E-state index < -0.39 is 6.10 Å². The smallest absolute Gasteiger partial charge is 0.306 e. The first kappa shape index (κ1) is 76.6. The van der Waals surface area contributed by atoms with Crippen LogP contribution >= 0.6 is 0 Å². The number of carbonyl (C=O) groups excluding carboxylic acids is 3. The van der Waals surface area contributed by atoms with Gasteiger partial charge in [0.25, 0.3) is 0 Å². The van der Waals surface area contributed by atoms with Gasteiger partial charge in [0.2, 0.25) is 0 Å². The van der Waals surface area contributed by atoms with Gasteiger partial charge in [0.05, 0.1) is 0 Å². The molecule has 0 radical (unpaired) electrons. The van der Waals surface area contributed by atoms with Crippen molar-refractivity contribution in [1.82, 2.24) is 0 Å². The number of rotatable bonds is 66. The van der Waals surface area contributed by atoms with Crippen LogP contribution in [0.4, 0.5) is 0 Å². The SMILES string of the molecule is CCCC/C=C\C/C=C\CCCCCCCC(=O)OCC(COC(=O)CCCCCCCCCCCCCCC/C=C\CCCCCCCCCC)OC(=O)CCCCCCCCCCCCCCCCCCCCCCCC. The highest BCUT2D eigenvalue weighted by Crippen LogP contribution is 2.18. The van der Waals surface area contributed by atoms with Gasteiger partial charge in [-0.2, -0.15) is 0 Å². The van der Waals surface area contributed by atoms with Crippen LogP contribution in [0.5, 0.6) is 0 Å². The standard InChI is InChI=1S/C73H136O6/c1-4-7-10-13-16-19-22-25-28-30-32-34-36-37-38-40-41-43-45-48-51-54-57-60-63-66-72(75)78-69-70(68-77-71(74)65-62-59-56-53-50-47-27-24-21-18-15-12-9-6-3)79-73(76)67-64-61-58-55-52-49-46-44-42-39-35-33-31-29-26-23-20-17-14-11-8-5-2/h15,18,24,27,30,32,70H,4-14,16-17,19-23,25-26,28-29,31,33-69H2,1-3H3/b18-15-,27-24-,32-30-. The van der Waals surface area contributed by atoms with Gasteiger partial charge < -0.3 is 14.2 Å². The molecule has 0 aliphatic carbocycles. The molecule has 0 bridgehead atoms. The summed E-state index contributed by atoms with van der Waals surface area (Å²) in [6.45, 7) is 6.66. The average Bonchev–Trinajstić information content (AvgIpc) is 3.45. The van der Waals surface area contributed by atoms with Crippen LogP contribution in [-0.2, 0) is 28.6 Å². The number of hydrogen-bond acceptors (Lipinski definition) is 6. The Morgan fingerprint density at radius 3 is 0.747 bits per heavy atom. The van der Waals surface area contributed by atoms with Crippen molar-refractivity contribution in [3.05, 3.63) is 36.5 Å². The predicted octanol–water partition coefficient (Wildman–Crippen LogP) is 24.3. The number of hydrogen-bond donors (Lipinski definition) is 0. The lowest BCUT2D eigenvalue weighted by molar-refractivity contribution is -0.167. The Balaban J connectivity index is 4.25. The summed E-state index contributed by atoms with van der Waals surface area (Å²) in [5, 5.41) is 0. The van der Waals surface area contributed by atoms with E-state index in [0.29, 0.717) is 19.3 Å². The molecule has 6 heteroatoms. The van der Waals surface area contributed by atoms with Gasteiger partial charge in [-0.05, 0) is 70.6 Å². The molecule has 0 aromatic rings. The minimum atomic E-state index is -0.776. The van der Waals surface area contributed by atoms with Crippen molar-refractivity contribution < 1.29 is 28.6 Å². The molecule has 0 amide bonds. The number of carbonyl (C=O) groups is 3. The highest BCUT2D eigenvalue weighted by Gasteiger charge is 2.19. The van der Waals surface area contributed by atoms with Crippen molar-refractivity contribution in [2.45, 2.75) is 399 Å². The first-order valence-electron chi connectivity index (χ1n) is 35.5. The zero-order chi connectivity index (χ0) is 57.1. The summed E-state index contributed by atoms with van der Waals surface area (Å²) in [6.07, 6.45) is 84.6. The van der Waals surface area contributed by atoms with E-state index in [1.54, 1.807) is 0 Å². The second-order valence-electron chi connectivity index (χ2n) is 24.1. The molecule has 1 unspecified atom stereocenters. The normalized spacial score (nSPS) is 12.2. The second-order valence-corrected chi connectivity index (χ2v) is 24.1. The van der Waals surface area contributed by atoms with Crippen molar-refractivity contribution in [3.8, 4) is 0 Å². The number of allylic oxidation sites excluding steroid dienone is 6. The first-order chi connectivity index (χ1) is 39.0. The summed E-state index contributed by atoms with van der Waals surface area (Å²) < 4.78 is 17.0. The summed E-state index contributed by atoms with van der Waals surface area (Å²) in [7, 11) is 0. The molecular weight excluding hydrogens is 973 g/mol. The topological polar surface area (TPSA) is 78.9 Å². The Bertz CT molecular complexity index is 1320. The molecule has 0 aliphatic rings. The van der Waals surface area contributed by atoms with Crippen LogP contribution < -0.4 is 0 Å². The van der Waals surface area contributed by atoms with Crippen molar-refractivity contribution in [3.63, 3.8) is 0 Å². The fourth-order valence-corrected chi connectivity index (χ4v) is 10.8. The molecule has 464 valence electrons. The first-order valence-corrected chi connectivity index (χ1v) is 35.5. The minimum Gasteiger partial charge on any atom is -0.462 e. The third kappa shape index (κ3) is 66.3. The third-order valence-electron chi connectivity index (χ3n) is 16.1. The van der Waals surface area contributed by atoms with Crippen LogP contribution in [0.3, 0.4) is 0 Å². The molecule has 0 aromatic heterocycles. The Morgan fingerprint density at radius 1 is 0.253 bits per heavy atom. The molecule has 79 heavy (non-hydrogen) atoms. The minimum absolute atomic E-state index is 0.0718. The molecule has 0 aliphatic heterocycles. The summed E-state index contributed by atoms with van der Waals surface area (Å²) in [6, 6.07) is 0. The van der Waals surface area contributed by atoms with Crippen LogP contribution in [0, 0.1) is 0 Å². The Labute approximate surface area is 493 Å². The van der Waals surface area contributed by atoms with E-state index in [-0.39, 0.29) is 31.1 Å². The zero-order valence-corrected chi connectivity index (χ0v) is 53.4. The molecule has 0 aromatic carbocycles. The van der Waals surface area contributed by atoms with E-state index >= 15 is 0 Å². The second kappa shape index (κ2) is 68.1. The molecule has 0 fully saturated rings. The van der Waals surface area contributed by atoms with Gasteiger partial charge in [-0.15, -0.1) is 0 Å². The summed E-state index contributed by atoms with van der Waals surface area (Å²) in [5.74, 6) is -0.857. The molecule has 1 atom stereocenters. The molecule has 0 saturated carbocycles. The van der Waals surface area contributed by atoms with Crippen LogP contribution in [0.1, 0.15) is 393 Å². The van der Waals surface area contributed by atoms with Crippen molar-refractivity contribution >= 4 is 17.9 Å². The number of esters is 3.